The molecule has 0 fully saturated rings. The van der Waals surface area contributed by atoms with Gasteiger partial charge in [-0.25, -0.2) is 0 Å². The van der Waals surface area contributed by atoms with E-state index in [-0.39, 0.29) is 12.8 Å². The van der Waals surface area contributed by atoms with Gasteiger partial charge in [0.1, 0.15) is 0 Å². The number of hydrogen-bond donors (Lipinski definition) is 2. The maximum atomic E-state index is 11.4. The molecule has 0 saturated heterocycles. The van der Waals surface area contributed by atoms with E-state index < -0.39 is 11.9 Å². The number of hydrogen-bond acceptors (Lipinski definition) is 7. The largest absolute Gasteiger partial charge is 0.481 e. The number of carbonyl (C=O) groups is 2. The molecule has 4 nitrogen and oxygen atoms in total. The van der Waals surface area contributed by atoms with Gasteiger partial charge in [0.05, 0.1) is 0 Å². The number of rotatable bonds is 12. The summed E-state index contributed by atoms with van der Waals surface area (Å²) in [6, 6.07) is 25.4. The molecule has 0 unspecified atom stereocenters. The number of benzene rings is 2. The normalized spacial score (nSPS) is 11.2. The SMILES string of the molecule is CSc1ccc(-c2cc(CCC(=O)O)c(-c3ccc(-c4sc(-c5ccc(SC)cc5)cc4CCC(=O)O)s3)s2)cc1. The van der Waals surface area contributed by atoms with Crippen LogP contribution in [0.3, 0.4) is 0 Å². The average Bonchev–Trinajstić information content (AvgIpc) is 3.73. The molecule has 0 atom stereocenters. The molecule has 0 bridgehead atoms. The zero-order valence-corrected chi connectivity index (χ0v) is 26.6. The van der Waals surface area contributed by atoms with Crippen LogP contribution in [0.2, 0.25) is 0 Å². The molecule has 9 heteroatoms. The van der Waals surface area contributed by atoms with Crippen molar-refractivity contribution in [2.24, 2.45) is 0 Å². The van der Waals surface area contributed by atoms with E-state index in [1.807, 2.05) is 0 Å². The van der Waals surface area contributed by atoms with Crippen LogP contribution in [0.1, 0.15) is 24.0 Å². The monoisotopic (exact) mass is 636 g/mol. The molecule has 0 spiro atoms. The van der Waals surface area contributed by atoms with Crippen molar-refractivity contribution < 1.29 is 19.8 Å². The van der Waals surface area contributed by atoms with Gasteiger partial charge in [-0.1, -0.05) is 24.3 Å². The highest BCUT2D eigenvalue weighted by Gasteiger charge is 2.19. The summed E-state index contributed by atoms with van der Waals surface area (Å²) in [6.45, 7) is 0. The summed E-state index contributed by atoms with van der Waals surface area (Å²) in [6.07, 6.45) is 5.21. The summed E-state index contributed by atoms with van der Waals surface area (Å²) in [4.78, 5) is 31.9. The Bertz CT molecular complexity index is 1540. The van der Waals surface area contributed by atoms with Crippen molar-refractivity contribution in [3.05, 3.63) is 83.9 Å². The first-order chi connectivity index (χ1) is 19.8. The highest BCUT2D eigenvalue weighted by molar-refractivity contribution is 7.98. The maximum absolute atomic E-state index is 11.4. The van der Waals surface area contributed by atoms with E-state index in [1.165, 1.54) is 9.79 Å². The van der Waals surface area contributed by atoms with Crippen LogP contribution in [0, 0.1) is 0 Å². The maximum Gasteiger partial charge on any atom is 0.303 e. The highest BCUT2D eigenvalue weighted by atomic mass is 32.2. The molecule has 0 radical (unpaired) electrons. The van der Waals surface area contributed by atoms with Gasteiger partial charge in [-0.2, -0.15) is 0 Å². The van der Waals surface area contributed by atoms with Crippen LogP contribution in [0.4, 0.5) is 0 Å². The lowest BCUT2D eigenvalue weighted by atomic mass is 10.1. The first kappa shape index (κ1) is 29.7. The first-order valence-electron chi connectivity index (χ1n) is 12.9. The van der Waals surface area contributed by atoms with Gasteiger partial charge in [-0.3, -0.25) is 9.59 Å². The fourth-order valence-corrected chi connectivity index (χ4v) is 9.05. The summed E-state index contributed by atoms with van der Waals surface area (Å²) in [5, 5.41) is 18.8. The fraction of sp³-hybridized carbons (Fsp3) is 0.188. The molecule has 41 heavy (non-hydrogen) atoms. The molecule has 0 amide bonds. The molecule has 0 aliphatic carbocycles. The number of thiophene rings is 3. The van der Waals surface area contributed by atoms with Crippen molar-refractivity contribution in [1.29, 1.82) is 0 Å². The van der Waals surface area contributed by atoms with Crippen LogP contribution < -0.4 is 0 Å². The number of carboxylic acid groups (broad SMARTS) is 2. The van der Waals surface area contributed by atoms with Crippen molar-refractivity contribution in [1.82, 2.24) is 0 Å². The number of aliphatic carboxylic acids is 2. The van der Waals surface area contributed by atoms with Crippen molar-refractivity contribution in [3.8, 4) is 40.4 Å². The van der Waals surface area contributed by atoms with E-state index in [0.717, 1.165) is 51.5 Å². The van der Waals surface area contributed by atoms with Gasteiger partial charge in [0.25, 0.3) is 0 Å². The van der Waals surface area contributed by atoms with E-state index in [2.05, 4.69) is 85.3 Å². The summed E-state index contributed by atoms with van der Waals surface area (Å²) in [5.41, 5.74) is 4.33. The second-order valence-corrected chi connectivity index (χ2v) is 14.3. The predicted molar refractivity (Wildman–Crippen MR) is 177 cm³/mol. The predicted octanol–water partition coefficient (Wildman–Crippen LogP) is 10.0. The Hall–Kier alpha value is -2.82. The number of carboxylic acids is 2. The Labute approximate surface area is 260 Å². The van der Waals surface area contributed by atoms with Gasteiger partial charge >= 0.3 is 11.9 Å². The molecule has 210 valence electrons. The van der Waals surface area contributed by atoms with Crippen LogP contribution in [0.15, 0.2) is 82.6 Å². The van der Waals surface area contributed by atoms with Gasteiger partial charge in [-0.05, 0) is 96.1 Å². The Morgan fingerprint density at radius 3 is 1.32 bits per heavy atom. The minimum Gasteiger partial charge on any atom is -0.481 e. The van der Waals surface area contributed by atoms with Crippen LogP contribution in [0.5, 0.6) is 0 Å². The van der Waals surface area contributed by atoms with Crippen LogP contribution in [-0.2, 0) is 22.4 Å². The third kappa shape index (κ3) is 7.16. The molecule has 3 heterocycles. The highest BCUT2D eigenvalue weighted by Crippen LogP contribution is 2.47. The third-order valence-electron chi connectivity index (χ3n) is 6.64. The molecule has 5 aromatic rings. The lowest BCUT2D eigenvalue weighted by Gasteiger charge is -2.01. The second-order valence-electron chi connectivity index (χ2n) is 9.34. The van der Waals surface area contributed by atoms with Crippen LogP contribution in [0.25, 0.3) is 40.4 Å². The smallest absolute Gasteiger partial charge is 0.303 e. The Morgan fingerprint density at radius 2 is 0.976 bits per heavy atom. The molecule has 0 saturated carbocycles. The second kappa shape index (κ2) is 13.4. The first-order valence-corrected chi connectivity index (χ1v) is 17.8. The topological polar surface area (TPSA) is 74.6 Å². The van der Waals surface area contributed by atoms with Gasteiger partial charge in [0.2, 0.25) is 0 Å². The fourth-order valence-electron chi connectivity index (χ4n) is 4.51. The Morgan fingerprint density at radius 1 is 0.585 bits per heavy atom. The molecular weight excluding hydrogens is 609 g/mol. The summed E-state index contributed by atoms with van der Waals surface area (Å²) in [7, 11) is 0. The van der Waals surface area contributed by atoms with E-state index >= 15 is 0 Å². The molecular formula is C32H28O4S5. The summed E-state index contributed by atoms with van der Waals surface area (Å²) in [5.74, 6) is -1.61. The molecule has 5 rings (SSSR count). The molecule has 3 aromatic heterocycles. The van der Waals surface area contributed by atoms with Gasteiger partial charge in [0.15, 0.2) is 0 Å². The van der Waals surface area contributed by atoms with Crippen molar-refractivity contribution in [2.45, 2.75) is 35.5 Å². The van der Waals surface area contributed by atoms with E-state index in [4.69, 9.17) is 0 Å². The molecule has 2 N–H and O–H groups in total. The van der Waals surface area contributed by atoms with Crippen molar-refractivity contribution >= 4 is 69.5 Å². The standard InChI is InChI=1S/C32H28O4S5/c1-37-23-9-3-19(4-10-23)27-17-21(7-15-29(33)34)31(40-27)25-13-14-26(39-25)32-22(8-16-30(35)36)18-28(41-32)20-5-11-24(38-2)12-6-20/h3-6,9-14,17-18H,7-8,15-16H2,1-2H3,(H,33,34)(H,35,36). The van der Waals surface area contributed by atoms with Crippen molar-refractivity contribution in [3.63, 3.8) is 0 Å². The van der Waals surface area contributed by atoms with Crippen molar-refractivity contribution in [2.75, 3.05) is 12.5 Å². The third-order valence-corrected chi connectivity index (χ3v) is 12.0. The van der Waals surface area contributed by atoms with Crippen LogP contribution in [-0.4, -0.2) is 34.7 Å². The molecule has 0 aliphatic heterocycles. The van der Waals surface area contributed by atoms with Gasteiger partial charge < -0.3 is 10.2 Å². The van der Waals surface area contributed by atoms with Crippen LogP contribution >= 0.6 is 57.5 Å². The number of aryl methyl sites for hydroxylation is 2. The summed E-state index contributed by atoms with van der Waals surface area (Å²) >= 11 is 8.49. The Balaban J connectivity index is 1.52. The van der Waals surface area contributed by atoms with E-state index in [9.17, 15) is 19.8 Å². The summed E-state index contributed by atoms with van der Waals surface area (Å²) < 4.78 is 0. The lowest BCUT2D eigenvalue weighted by molar-refractivity contribution is -0.138. The average molecular weight is 637 g/mol. The zero-order chi connectivity index (χ0) is 28.9. The minimum atomic E-state index is -0.806. The molecule has 2 aromatic carbocycles. The Kier molecular flexibility index (Phi) is 9.72. The van der Waals surface area contributed by atoms with E-state index in [0.29, 0.717) is 12.8 Å². The van der Waals surface area contributed by atoms with E-state index in [1.54, 1.807) is 57.5 Å². The molecule has 0 aliphatic rings. The number of thioether (sulfide) groups is 2. The quantitative estimate of drug-likeness (QED) is 0.133. The zero-order valence-electron chi connectivity index (χ0n) is 22.5. The van der Waals surface area contributed by atoms with Gasteiger partial charge in [-0.15, -0.1) is 57.5 Å². The lowest BCUT2D eigenvalue weighted by Crippen LogP contribution is -1.97. The van der Waals surface area contributed by atoms with Gasteiger partial charge in [0, 0.05) is 51.9 Å². The minimum absolute atomic E-state index is 0.0791.